The number of hydrogen-bond acceptors (Lipinski definition) is 9. The van der Waals surface area contributed by atoms with Crippen molar-refractivity contribution >= 4 is 36.4 Å². The van der Waals surface area contributed by atoms with E-state index in [2.05, 4.69) is 38.7 Å². The van der Waals surface area contributed by atoms with Crippen LogP contribution in [0.2, 0.25) is 0 Å². The third-order valence-electron chi connectivity index (χ3n) is 12.5. The number of amides is 1. The largest absolute Gasteiger partial charge is 0.452 e. The smallest absolute Gasteiger partial charge is 0.332 e. The van der Waals surface area contributed by atoms with Crippen molar-refractivity contribution in [2.75, 3.05) is 12.4 Å². The molecule has 0 bridgehead atoms. The molecule has 10 heteroatoms. The summed E-state index contributed by atoms with van der Waals surface area (Å²) in [4.78, 5) is 52.2. The topological polar surface area (TPSA) is 128 Å². The number of hydrogen-bond donors (Lipinski definition) is 3. The van der Waals surface area contributed by atoms with Gasteiger partial charge in [0.25, 0.3) is 6.29 Å². The van der Waals surface area contributed by atoms with Crippen LogP contribution in [0.15, 0.2) is 0 Å². The molecule has 0 spiro atoms. The molecule has 2 N–H and O–H groups in total. The molecule has 0 saturated heterocycles. The van der Waals surface area contributed by atoms with Crippen LogP contribution in [0.5, 0.6) is 0 Å². The molecule has 0 rings (SSSR count). The molecule has 9 nitrogen and oxygen atoms in total. The lowest BCUT2D eigenvalue weighted by molar-refractivity contribution is -0.219. The minimum absolute atomic E-state index is 0.0363. The molecule has 0 aromatic rings. The number of rotatable bonds is 50. The quantitative estimate of drug-likeness (QED) is 0.0238. The highest BCUT2D eigenvalue weighted by Crippen LogP contribution is 2.18. The van der Waals surface area contributed by atoms with Crippen LogP contribution in [0.1, 0.15) is 290 Å². The fourth-order valence-corrected chi connectivity index (χ4v) is 8.53. The van der Waals surface area contributed by atoms with E-state index in [1.807, 2.05) is 0 Å². The van der Waals surface area contributed by atoms with Crippen molar-refractivity contribution in [3.8, 4) is 0 Å². The maximum Gasteiger partial charge on any atom is 0.332 e. The Morgan fingerprint density at radius 1 is 0.406 bits per heavy atom. The summed E-state index contributed by atoms with van der Waals surface area (Å²) in [5.41, 5.74) is 0. The third-order valence-corrected chi connectivity index (χ3v) is 12.9. The lowest BCUT2D eigenvalue weighted by atomic mass is 10.0. The number of unbranched alkanes of at least 4 members (excludes halogenated alkanes) is 36. The highest BCUT2D eigenvalue weighted by molar-refractivity contribution is 7.80. The second-order valence-corrected chi connectivity index (χ2v) is 19.2. The van der Waals surface area contributed by atoms with Gasteiger partial charge in [-0.2, -0.15) is 12.6 Å². The monoisotopic (exact) mass is 926 g/mol. The van der Waals surface area contributed by atoms with E-state index in [1.165, 1.54) is 180 Å². The van der Waals surface area contributed by atoms with Gasteiger partial charge in [-0.25, -0.2) is 4.79 Å². The molecule has 0 aliphatic heterocycles. The van der Waals surface area contributed by atoms with E-state index in [0.29, 0.717) is 12.8 Å². The Hall–Kier alpha value is -1.81. The number of carbonyl (C=O) groups is 4. The standard InChI is InChI=1S/C54H103NO8S/c1-4-7-10-13-16-19-22-25-28-31-34-37-40-43-50(57)55-48(47-64)53(60)63-54(62-52(59)45-42-39-36-33-30-27-24-21-18-15-12-9-6-3)49(46-56)61-51(58)44-41-38-35-32-29-26-23-20-17-14-11-8-5-2/h48-49,54,56,64H,4-47H2,1-3H3,(H,55,57)/t48-,49?,54?/m0/s1. The van der Waals surface area contributed by atoms with Crippen molar-refractivity contribution in [2.24, 2.45) is 0 Å². The van der Waals surface area contributed by atoms with Crippen molar-refractivity contribution in [3.63, 3.8) is 0 Å². The van der Waals surface area contributed by atoms with Crippen molar-refractivity contribution < 1.29 is 38.5 Å². The van der Waals surface area contributed by atoms with E-state index in [-0.39, 0.29) is 30.9 Å². The molecule has 0 aliphatic carbocycles. The highest BCUT2D eigenvalue weighted by Gasteiger charge is 2.34. The minimum Gasteiger partial charge on any atom is -0.452 e. The maximum atomic E-state index is 13.4. The van der Waals surface area contributed by atoms with Crippen LogP contribution in [0.3, 0.4) is 0 Å². The molecule has 0 heterocycles. The van der Waals surface area contributed by atoms with Crippen molar-refractivity contribution in [1.29, 1.82) is 0 Å². The minimum atomic E-state index is -1.65. The molecule has 2 unspecified atom stereocenters. The normalized spacial score (nSPS) is 12.8. The Morgan fingerprint density at radius 2 is 0.688 bits per heavy atom. The van der Waals surface area contributed by atoms with Gasteiger partial charge in [0, 0.05) is 25.0 Å². The van der Waals surface area contributed by atoms with Crippen LogP contribution in [-0.4, -0.2) is 59.7 Å². The number of carbonyl (C=O) groups excluding carboxylic acids is 4. The summed E-state index contributed by atoms with van der Waals surface area (Å²) in [7, 11) is 0. The summed E-state index contributed by atoms with van der Waals surface area (Å²) < 4.78 is 16.8. The van der Waals surface area contributed by atoms with Crippen molar-refractivity contribution in [2.45, 2.75) is 309 Å². The number of esters is 3. The Balaban J connectivity index is 4.89. The van der Waals surface area contributed by atoms with Crippen LogP contribution in [0.25, 0.3) is 0 Å². The summed E-state index contributed by atoms with van der Waals surface area (Å²) in [5.74, 6) is -2.32. The Morgan fingerprint density at radius 3 is 0.984 bits per heavy atom. The number of thiol groups is 1. The average molecular weight is 926 g/mol. The molecule has 0 aliphatic rings. The van der Waals surface area contributed by atoms with E-state index < -0.39 is 43.0 Å². The molecular weight excluding hydrogens is 823 g/mol. The number of nitrogens with one attached hydrogen (secondary N) is 1. The van der Waals surface area contributed by atoms with E-state index >= 15 is 0 Å². The first-order chi connectivity index (χ1) is 31.3. The molecular formula is C54H103NO8S. The summed E-state index contributed by atoms with van der Waals surface area (Å²) in [6, 6.07) is -1.10. The molecule has 378 valence electrons. The maximum absolute atomic E-state index is 13.4. The van der Waals surface area contributed by atoms with Gasteiger partial charge in [0.15, 0.2) is 6.10 Å². The number of aliphatic hydroxyl groups excluding tert-OH is 1. The molecule has 0 saturated carbocycles. The van der Waals surface area contributed by atoms with Gasteiger partial charge >= 0.3 is 17.9 Å². The van der Waals surface area contributed by atoms with Crippen LogP contribution in [0, 0.1) is 0 Å². The average Bonchev–Trinajstić information content (AvgIpc) is 3.29. The summed E-state index contributed by atoms with van der Waals surface area (Å²) in [6.07, 6.45) is 44.0. The number of aliphatic hydroxyl groups is 1. The summed E-state index contributed by atoms with van der Waals surface area (Å²) >= 11 is 4.30. The Kier molecular flexibility index (Phi) is 47.7. The first-order valence-corrected chi connectivity index (χ1v) is 28.1. The van der Waals surface area contributed by atoms with Gasteiger partial charge in [0.05, 0.1) is 6.61 Å². The Labute approximate surface area is 400 Å². The summed E-state index contributed by atoms with van der Waals surface area (Å²) in [5, 5.41) is 13.0. The predicted octanol–water partition coefficient (Wildman–Crippen LogP) is 15.2. The van der Waals surface area contributed by atoms with E-state index in [1.54, 1.807) is 0 Å². The first kappa shape index (κ1) is 62.2. The Bertz CT molecular complexity index is 1060. The lowest BCUT2D eigenvalue weighted by Crippen LogP contribution is -2.48. The highest BCUT2D eigenvalue weighted by atomic mass is 32.1. The van der Waals surface area contributed by atoms with Crippen LogP contribution >= 0.6 is 12.6 Å². The van der Waals surface area contributed by atoms with Gasteiger partial charge in [-0.3, -0.25) is 14.4 Å². The van der Waals surface area contributed by atoms with Gasteiger partial charge in [0.1, 0.15) is 6.04 Å². The lowest BCUT2D eigenvalue weighted by Gasteiger charge is -2.27. The molecule has 0 fully saturated rings. The van der Waals surface area contributed by atoms with E-state index in [4.69, 9.17) is 14.2 Å². The molecule has 1 amide bonds. The van der Waals surface area contributed by atoms with Gasteiger partial charge in [-0.1, -0.05) is 252 Å². The fourth-order valence-electron chi connectivity index (χ4n) is 8.29. The van der Waals surface area contributed by atoms with Gasteiger partial charge in [-0.15, -0.1) is 0 Å². The zero-order chi connectivity index (χ0) is 47.0. The van der Waals surface area contributed by atoms with Crippen LogP contribution < -0.4 is 5.32 Å². The first-order valence-electron chi connectivity index (χ1n) is 27.4. The second-order valence-electron chi connectivity index (χ2n) is 18.8. The van der Waals surface area contributed by atoms with Gasteiger partial charge in [0.2, 0.25) is 5.91 Å². The zero-order valence-electron chi connectivity index (χ0n) is 42.1. The predicted molar refractivity (Wildman–Crippen MR) is 270 cm³/mol. The second kappa shape index (κ2) is 49.1. The SMILES string of the molecule is CCCCCCCCCCCCCCCC(=O)N[C@@H](CS)C(=O)OC(OC(=O)CCCCCCCCCCCCCCC)C(CO)OC(=O)CCCCCCCCCCCCCCC. The molecule has 0 aromatic carbocycles. The zero-order valence-corrected chi connectivity index (χ0v) is 43.0. The molecule has 0 aromatic heterocycles. The molecule has 0 radical (unpaired) electrons. The van der Waals surface area contributed by atoms with Gasteiger partial charge in [-0.05, 0) is 19.3 Å². The number of ether oxygens (including phenoxy) is 3. The molecule has 64 heavy (non-hydrogen) atoms. The van der Waals surface area contributed by atoms with Crippen molar-refractivity contribution in [3.05, 3.63) is 0 Å². The van der Waals surface area contributed by atoms with Crippen LogP contribution in [0.4, 0.5) is 0 Å². The van der Waals surface area contributed by atoms with E-state index in [0.717, 1.165) is 57.8 Å². The van der Waals surface area contributed by atoms with Gasteiger partial charge < -0.3 is 24.6 Å². The fraction of sp³-hybridized carbons (Fsp3) is 0.926. The van der Waals surface area contributed by atoms with E-state index in [9.17, 15) is 24.3 Å². The third kappa shape index (κ3) is 41.6. The summed E-state index contributed by atoms with van der Waals surface area (Å²) in [6.45, 7) is 6.04. The molecule has 3 atom stereocenters. The van der Waals surface area contributed by atoms with Crippen molar-refractivity contribution in [1.82, 2.24) is 5.32 Å². The van der Waals surface area contributed by atoms with Crippen LogP contribution in [-0.2, 0) is 33.4 Å².